The summed E-state index contributed by atoms with van der Waals surface area (Å²) in [4.78, 5) is 16.4. The largest absolute Gasteiger partial charge is 0.550 e. The molecule has 0 saturated carbocycles. The molecule has 0 aliphatic heterocycles. The predicted molar refractivity (Wildman–Crippen MR) is 46.5 cm³/mol. The molecule has 0 saturated heterocycles. The first-order valence-corrected chi connectivity index (χ1v) is 4.60. The van der Waals surface area contributed by atoms with Gasteiger partial charge in [-0.15, -0.1) is 11.3 Å². The Labute approximate surface area is 78.5 Å². The lowest BCUT2D eigenvalue weighted by atomic mass is 10.3. The molecule has 0 amide bonds. The molecular weight excluding hydrogens is 188 g/mol. The van der Waals surface area contributed by atoms with Crippen molar-refractivity contribution in [3.8, 4) is 0 Å². The van der Waals surface area contributed by atoms with Crippen molar-refractivity contribution in [2.75, 3.05) is 0 Å². The zero-order chi connectivity index (χ0) is 9.42. The highest BCUT2D eigenvalue weighted by molar-refractivity contribution is 7.16. The van der Waals surface area contributed by atoms with Gasteiger partial charge in [0.15, 0.2) is 4.96 Å². The number of carboxylic acid groups (broad SMARTS) is 1. The van der Waals surface area contributed by atoms with E-state index in [-0.39, 0.29) is 6.42 Å². The fraction of sp³-hybridized carbons (Fsp3) is 0.250. The lowest BCUT2D eigenvalue weighted by molar-refractivity contribution is -0.304. The van der Waals surface area contributed by atoms with Crippen LogP contribution in [0.4, 0.5) is 0 Å². The number of aromatic nitrogens is 2. The van der Waals surface area contributed by atoms with E-state index >= 15 is 0 Å². The third-order valence-corrected chi connectivity index (χ3v) is 2.56. The number of hydrogen-bond acceptors (Lipinski definition) is 4. The van der Waals surface area contributed by atoms with Gasteiger partial charge in [-0.1, -0.05) is 0 Å². The monoisotopic (exact) mass is 195 g/mol. The van der Waals surface area contributed by atoms with Gasteiger partial charge < -0.3 is 9.90 Å². The van der Waals surface area contributed by atoms with Crippen LogP contribution in [0, 0.1) is 6.92 Å². The highest BCUT2D eigenvalue weighted by atomic mass is 32.1. The van der Waals surface area contributed by atoms with Crippen LogP contribution in [0.3, 0.4) is 0 Å². The van der Waals surface area contributed by atoms with Crippen LogP contribution in [0.2, 0.25) is 0 Å². The number of carbonyl (C=O) groups is 1. The van der Waals surface area contributed by atoms with Crippen molar-refractivity contribution in [3.05, 3.63) is 23.0 Å². The molecule has 68 valence electrons. The van der Waals surface area contributed by atoms with Crippen molar-refractivity contribution >= 4 is 22.3 Å². The van der Waals surface area contributed by atoms with Crippen molar-refractivity contribution in [1.82, 2.24) is 9.38 Å². The number of imidazole rings is 1. The first-order chi connectivity index (χ1) is 6.15. The zero-order valence-corrected chi connectivity index (χ0v) is 7.80. The molecule has 2 aromatic heterocycles. The first-order valence-electron chi connectivity index (χ1n) is 3.79. The van der Waals surface area contributed by atoms with E-state index in [4.69, 9.17) is 0 Å². The molecule has 13 heavy (non-hydrogen) atoms. The Morgan fingerprint density at radius 2 is 2.46 bits per heavy atom. The molecule has 0 bridgehead atoms. The molecular formula is C8H7N2O2S-. The lowest BCUT2D eigenvalue weighted by Crippen LogP contribution is -2.24. The van der Waals surface area contributed by atoms with Crippen LogP contribution in [-0.4, -0.2) is 15.4 Å². The number of hydrogen-bond donors (Lipinski definition) is 0. The molecule has 0 spiro atoms. The summed E-state index contributed by atoms with van der Waals surface area (Å²) in [5, 5.41) is 10.3. The second-order valence-corrected chi connectivity index (χ2v) is 4.03. The van der Waals surface area contributed by atoms with Gasteiger partial charge in [0.1, 0.15) is 0 Å². The van der Waals surface area contributed by atoms with E-state index in [0.717, 1.165) is 9.84 Å². The summed E-state index contributed by atoms with van der Waals surface area (Å²) in [5.74, 6) is -1.09. The molecule has 2 heterocycles. The number of carboxylic acids is 1. The van der Waals surface area contributed by atoms with Crippen molar-refractivity contribution in [3.63, 3.8) is 0 Å². The van der Waals surface area contributed by atoms with E-state index in [9.17, 15) is 9.90 Å². The highest BCUT2D eigenvalue weighted by Gasteiger charge is 2.03. The standard InChI is InChI=1S/C8H8N2O2S/c1-5-3-10-4-6(2-7(11)12)9-8(10)13-5/h3-4H,2H2,1H3,(H,11,12)/p-1. The van der Waals surface area contributed by atoms with Gasteiger partial charge >= 0.3 is 0 Å². The zero-order valence-electron chi connectivity index (χ0n) is 6.98. The number of nitrogens with zero attached hydrogens (tertiary/aromatic N) is 2. The minimum absolute atomic E-state index is 0.118. The summed E-state index contributed by atoms with van der Waals surface area (Å²) in [5.41, 5.74) is 0.547. The molecule has 0 aliphatic rings. The Balaban J connectivity index is 2.39. The maximum absolute atomic E-state index is 10.3. The maximum atomic E-state index is 10.3. The smallest absolute Gasteiger partial charge is 0.194 e. The maximum Gasteiger partial charge on any atom is 0.194 e. The van der Waals surface area contributed by atoms with E-state index in [1.165, 1.54) is 11.3 Å². The van der Waals surface area contributed by atoms with Gasteiger partial charge in [0, 0.05) is 29.7 Å². The Morgan fingerprint density at radius 1 is 1.69 bits per heavy atom. The molecule has 0 fully saturated rings. The molecule has 4 nitrogen and oxygen atoms in total. The molecule has 2 rings (SSSR count). The number of fused-ring (bicyclic) bond motifs is 1. The van der Waals surface area contributed by atoms with E-state index in [2.05, 4.69) is 4.98 Å². The third kappa shape index (κ3) is 1.55. The molecule has 0 N–H and O–H groups in total. The quantitative estimate of drug-likeness (QED) is 0.677. The van der Waals surface area contributed by atoms with Gasteiger partial charge in [-0.3, -0.25) is 4.40 Å². The number of aliphatic carboxylic acids is 1. The number of carbonyl (C=O) groups excluding carboxylic acids is 1. The highest BCUT2D eigenvalue weighted by Crippen LogP contribution is 2.16. The second kappa shape index (κ2) is 2.85. The first kappa shape index (κ1) is 8.25. The van der Waals surface area contributed by atoms with Crippen LogP contribution in [0.5, 0.6) is 0 Å². The molecule has 5 heteroatoms. The summed E-state index contributed by atoms with van der Waals surface area (Å²) in [6.45, 7) is 1.98. The number of rotatable bonds is 2. The van der Waals surface area contributed by atoms with Gasteiger partial charge in [-0.2, -0.15) is 0 Å². The van der Waals surface area contributed by atoms with Crippen molar-refractivity contribution < 1.29 is 9.90 Å². The van der Waals surface area contributed by atoms with E-state index < -0.39 is 5.97 Å². The lowest BCUT2D eigenvalue weighted by Gasteiger charge is -1.94. The molecule has 0 atom stereocenters. The average molecular weight is 195 g/mol. The van der Waals surface area contributed by atoms with Crippen LogP contribution >= 0.6 is 11.3 Å². The molecule has 0 radical (unpaired) electrons. The Morgan fingerprint density at radius 3 is 3.08 bits per heavy atom. The van der Waals surface area contributed by atoms with Crippen molar-refractivity contribution in [2.24, 2.45) is 0 Å². The number of aryl methyl sites for hydroxylation is 1. The van der Waals surface area contributed by atoms with Crippen LogP contribution in [0.1, 0.15) is 10.6 Å². The summed E-state index contributed by atoms with van der Waals surface area (Å²) < 4.78 is 1.83. The van der Waals surface area contributed by atoms with Gasteiger partial charge in [0.05, 0.1) is 5.69 Å². The Hall–Kier alpha value is -1.36. The van der Waals surface area contributed by atoms with Gasteiger partial charge in [-0.25, -0.2) is 4.98 Å². The molecule has 0 aromatic carbocycles. The fourth-order valence-electron chi connectivity index (χ4n) is 1.19. The van der Waals surface area contributed by atoms with E-state index in [0.29, 0.717) is 5.69 Å². The van der Waals surface area contributed by atoms with E-state index in [1.54, 1.807) is 6.20 Å². The van der Waals surface area contributed by atoms with Crippen molar-refractivity contribution in [2.45, 2.75) is 13.3 Å². The minimum Gasteiger partial charge on any atom is -0.550 e. The topological polar surface area (TPSA) is 57.4 Å². The van der Waals surface area contributed by atoms with Gasteiger partial charge in [0.25, 0.3) is 0 Å². The molecule has 2 aromatic rings. The molecule has 0 unspecified atom stereocenters. The minimum atomic E-state index is -1.09. The Kier molecular flexibility index (Phi) is 1.81. The SMILES string of the molecule is Cc1cn2cc(CC(=O)[O-])nc2s1. The second-order valence-electron chi connectivity index (χ2n) is 2.81. The van der Waals surface area contributed by atoms with Crippen LogP contribution in [-0.2, 0) is 11.2 Å². The third-order valence-electron chi connectivity index (χ3n) is 1.65. The summed E-state index contributed by atoms with van der Waals surface area (Å²) in [7, 11) is 0. The van der Waals surface area contributed by atoms with Gasteiger partial charge in [0.2, 0.25) is 0 Å². The fourth-order valence-corrected chi connectivity index (χ4v) is 2.02. The molecule has 0 aliphatic carbocycles. The van der Waals surface area contributed by atoms with Gasteiger partial charge in [-0.05, 0) is 6.92 Å². The number of thiazole rings is 1. The van der Waals surface area contributed by atoms with Crippen molar-refractivity contribution in [1.29, 1.82) is 0 Å². The van der Waals surface area contributed by atoms with Crippen LogP contribution in [0.25, 0.3) is 4.96 Å². The normalized spacial score (nSPS) is 10.8. The summed E-state index contributed by atoms with van der Waals surface area (Å²) in [6, 6.07) is 0. The summed E-state index contributed by atoms with van der Waals surface area (Å²) in [6.07, 6.45) is 3.52. The predicted octanol–water partition coefficient (Wildman–Crippen LogP) is -0.00338. The average Bonchev–Trinajstić information content (AvgIpc) is 2.41. The summed E-state index contributed by atoms with van der Waals surface area (Å²) >= 11 is 1.54. The Bertz CT molecular complexity index is 426. The van der Waals surface area contributed by atoms with E-state index in [1.807, 2.05) is 17.5 Å². The van der Waals surface area contributed by atoms with Crippen LogP contribution in [0.15, 0.2) is 12.4 Å². The van der Waals surface area contributed by atoms with Crippen LogP contribution < -0.4 is 5.11 Å².